The van der Waals surface area contributed by atoms with Crippen molar-refractivity contribution in [3.05, 3.63) is 59.7 Å². The molecule has 1 heterocycles. The molecule has 0 bridgehead atoms. The van der Waals surface area contributed by atoms with Gasteiger partial charge in [-0.2, -0.15) is 0 Å². The zero-order valence-electron chi connectivity index (χ0n) is 16.4. The van der Waals surface area contributed by atoms with E-state index in [2.05, 4.69) is 48.6 Å². The Morgan fingerprint density at radius 1 is 1.15 bits per heavy atom. The number of nitrogens with one attached hydrogen (secondary N) is 1. The number of piperidine rings is 1. The number of rotatable bonds is 7. The van der Waals surface area contributed by atoms with Gasteiger partial charge in [0.1, 0.15) is 5.75 Å². The number of aryl methyl sites for hydroxylation is 1. The third-order valence-electron chi connectivity index (χ3n) is 5.34. The number of likely N-dealkylation sites (tertiary alicyclic amines) is 1. The summed E-state index contributed by atoms with van der Waals surface area (Å²) in [4.78, 5) is 14.6. The summed E-state index contributed by atoms with van der Waals surface area (Å²) in [5.74, 6) is 1.74. The highest BCUT2D eigenvalue weighted by atomic mass is 16.5. The minimum Gasteiger partial charge on any atom is -0.495 e. The number of carbonyl (C=O) groups excluding carboxylic acids is 1. The van der Waals surface area contributed by atoms with Gasteiger partial charge in [0, 0.05) is 26.1 Å². The summed E-state index contributed by atoms with van der Waals surface area (Å²) in [5.41, 5.74) is 3.52. The van der Waals surface area contributed by atoms with Crippen molar-refractivity contribution in [3.63, 3.8) is 0 Å². The lowest BCUT2D eigenvalue weighted by Gasteiger charge is -2.32. The Balaban J connectivity index is 1.41. The van der Waals surface area contributed by atoms with Crippen molar-refractivity contribution >= 4 is 11.6 Å². The standard InChI is InChI=1S/C23H30N2O2/c1-18-8-9-22(27-2)21(16-18)24-13-10-23(26)25-14-11-20(12-15-25)17-19-6-4-3-5-7-19/h3-9,16,20,24H,10-15,17H2,1-2H3. The van der Waals surface area contributed by atoms with Crippen LogP contribution in [0.5, 0.6) is 5.75 Å². The molecular formula is C23H30N2O2. The second kappa shape index (κ2) is 9.45. The molecule has 3 rings (SSSR count). The van der Waals surface area contributed by atoms with Crippen LogP contribution in [0.25, 0.3) is 0 Å². The molecule has 1 N–H and O–H groups in total. The molecule has 2 aromatic carbocycles. The Labute approximate surface area is 162 Å². The predicted molar refractivity (Wildman–Crippen MR) is 110 cm³/mol. The SMILES string of the molecule is COc1ccc(C)cc1NCCC(=O)N1CCC(Cc2ccccc2)CC1. The first-order chi connectivity index (χ1) is 13.2. The van der Waals surface area contributed by atoms with Crippen molar-refractivity contribution in [2.24, 2.45) is 5.92 Å². The van der Waals surface area contributed by atoms with Crippen molar-refractivity contribution < 1.29 is 9.53 Å². The molecular weight excluding hydrogens is 336 g/mol. The zero-order chi connectivity index (χ0) is 19.1. The van der Waals surface area contributed by atoms with E-state index in [-0.39, 0.29) is 5.91 Å². The Bertz CT molecular complexity index is 737. The highest BCUT2D eigenvalue weighted by molar-refractivity contribution is 5.77. The second-order valence-electron chi connectivity index (χ2n) is 7.39. The molecule has 4 nitrogen and oxygen atoms in total. The van der Waals surface area contributed by atoms with Gasteiger partial charge in [-0.05, 0) is 55.4 Å². The highest BCUT2D eigenvalue weighted by Gasteiger charge is 2.22. The maximum absolute atomic E-state index is 12.5. The maximum Gasteiger partial charge on any atom is 0.224 e. The molecule has 1 amide bonds. The average Bonchev–Trinajstić information content (AvgIpc) is 2.69. The van der Waals surface area contributed by atoms with Crippen LogP contribution in [-0.2, 0) is 11.2 Å². The second-order valence-corrected chi connectivity index (χ2v) is 7.39. The van der Waals surface area contributed by atoms with E-state index in [1.165, 1.54) is 11.1 Å². The predicted octanol–water partition coefficient (Wildman–Crippen LogP) is 4.29. The van der Waals surface area contributed by atoms with Crippen LogP contribution in [0.15, 0.2) is 48.5 Å². The van der Waals surface area contributed by atoms with Crippen LogP contribution in [0, 0.1) is 12.8 Å². The molecule has 1 aliphatic rings. The van der Waals surface area contributed by atoms with Crippen molar-refractivity contribution in [1.82, 2.24) is 4.90 Å². The van der Waals surface area contributed by atoms with Gasteiger partial charge in [0.25, 0.3) is 0 Å². The largest absolute Gasteiger partial charge is 0.495 e. The Morgan fingerprint density at radius 3 is 2.59 bits per heavy atom. The Hall–Kier alpha value is -2.49. The molecule has 1 saturated heterocycles. The molecule has 0 aromatic heterocycles. The minimum atomic E-state index is 0.243. The van der Waals surface area contributed by atoms with Crippen molar-refractivity contribution in [2.75, 3.05) is 32.1 Å². The number of anilines is 1. The monoisotopic (exact) mass is 366 g/mol. The van der Waals surface area contributed by atoms with Crippen molar-refractivity contribution in [3.8, 4) is 5.75 Å². The fraction of sp³-hybridized carbons (Fsp3) is 0.435. The van der Waals surface area contributed by atoms with Crippen LogP contribution in [0.1, 0.15) is 30.4 Å². The first-order valence-corrected chi connectivity index (χ1v) is 9.86. The first kappa shape index (κ1) is 19.3. The fourth-order valence-electron chi connectivity index (χ4n) is 3.76. The lowest BCUT2D eigenvalue weighted by molar-refractivity contribution is -0.132. The van der Waals surface area contributed by atoms with E-state index in [9.17, 15) is 4.79 Å². The van der Waals surface area contributed by atoms with Gasteiger partial charge in [-0.15, -0.1) is 0 Å². The summed E-state index contributed by atoms with van der Waals surface area (Å²) in [7, 11) is 1.67. The van der Waals surface area contributed by atoms with Crippen LogP contribution in [0.3, 0.4) is 0 Å². The number of nitrogens with zero attached hydrogens (tertiary/aromatic N) is 1. The molecule has 1 fully saturated rings. The van der Waals surface area contributed by atoms with E-state index in [1.54, 1.807) is 7.11 Å². The van der Waals surface area contributed by atoms with E-state index in [1.807, 2.05) is 17.0 Å². The summed E-state index contributed by atoms with van der Waals surface area (Å²) >= 11 is 0. The summed E-state index contributed by atoms with van der Waals surface area (Å²) < 4.78 is 5.38. The van der Waals surface area contributed by atoms with Gasteiger partial charge in [0.05, 0.1) is 12.8 Å². The van der Waals surface area contributed by atoms with Gasteiger partial charge in [-0.1, -0.05) is 36.4 Å². The lowest BCUT2D eigenvalue weighted by Crippen LogP contribution is -2.39. The summed E-state index contributed by atoms with van der Waals surface area (Å²) in [6.45, 7) is 4.44. The third kappa shape index (κ3) is 5.49. The Kier molecular flexibility index (Phi) is 6.74. The van der Waals surface area contributed by atoms with Crippen LogP contribution in [0.4, 0.5) is 5.69 Å². The van der Waals surface area contributed by atoms with E-state index >= 15 is 0 Å². The third-order valence-corrected chi connectivity index (χ3v) is 5.34. The average molecular weight is 367 g/mol. The van der Waals surface area contributed by atoms with Gasteiger partial charge in [-0.25, -0.2) is 0 Å². The molecule has 0 atom stereocenters. The highest BCUT2D eigenvalue weighted by Crippen LogP contribution is 2.25. The van der Waals surface area contributed by atoms with E-state index in [0.717, 1.165) is 43.8 Å². The number of hydrogen-bond donors (Lipinski definition) is 1. The van der Waals surface area contributed by atoms with Crippen LogP contribution in [-0.4, -0.2) is 37.6 Å². The fourth-order valence-corrected chi connectivity index (χ4v) is 3.76. The molecule has 144 valence electrons. The quantitative estimate of drug-likeness (QED) is 0.795. The maximum atomic E-state index is 12.5. The zero-order valence-corrected chi connectivity index (χ0v) is 16.4. The molecule has 4 heteroatoms. The summed E-state index contributed by atoms with van der Waals surface area (Å²) in [6, 6.07) is 16.7. The van der Waals surface area contributed by atoms with E-state index in [0.29, 0.717) is 18.9 Å². The molecule has 0 unspecified atom stereocenters. The van der Waals surface area contributed by atoms with Gasteiger partial charge >= 0.3 is 0 Å². The molecule has 0 spiro atoms. The number of carbonyl (C=O) groups is 1. The molecule has 0 aliphatic carbocycles. The molecule has 27 heavy (non-hydrogen) atoms. The summed E-state index contributed by atoms with van der Waals surface area (Å²) in [5, 5.41) is 3.34. The summed E-state index contributed by atoms with van der Waals surface area (Å²) in [6.07, 6.45) is 3.83. The van der Waals surface area contributed by atoms with Gasteiger partial charge < -0.3 is 15.0 Å². The van der Waals surface area contributed by atoms with E-state index < -0.39 is 0 Å². The minimum absolute atomic E-state index is 0.243. The smallest absolute Gasteiger partial charge is 0.224 e. The normalized spacial score (nSPS) is 14.8. The number of amides is 1. The van der Waals surface area contributed by atoms with Crippen LogP contribution in [0.2, 0.25) is 0 Å². The van der Waals surface area contributed by atoms with Gasteiger partial charge in [-0.3, -0.25) is 4.79 Å². The van der Waals surface area contributed by atoms with Crippen molar-refractivity contribution in [1.29, 1.82) is 0 Å². The number of benzene rings is 2. The lowest BCUT2D eigenvalue weighted by atomic mass is 9.90. The number of hydrogen-bond acceptors (Lipinski definition) is 3. The molecule has 0 saturated carbocycles. The van der Waals surface area contributed by atoms with E-state index in [4.69, 9.17) is 4.74 Å². The van der Waals surface area contributed by atoms with Crippen LogP contribution >= 0.6 is 0 Å². The Morgan fingerprint density at radius 2 is 1.89 bits per heavy atom. The first-order valence-electron chi connectivity index (χ1n) is 9.86. The van der Waals surface area contributed by atoms with Gasteiger partial charge in [0.15, 0.2) is 0 Å². The molecule has 0 radical (unpaired) electrons. The van der Waals surface area contributed by atoms with Crippen molar-refractivity contribution in [2.45, 2.75) is 32.6 Å². The number of ether oxygens (including phenoxy) is 1. The molecule has 2 aromatic rings. The van der Waals surface area contributed by atoms with Gasteiger partial charge in [0.2, 0.25) is 5.91 Å². The van der Waals surface area contributed by atoms with Crippen LogP contribution < -0.4 is 10.1 Å². The molecule has 1 aliphatic heterocycles. The topological polar surface area (TPSA) is 41.6 Å². The number of methoxy groups -OCH3 is 1.